The van der Waals surface area contributed by atoms with E-state index >= 15 is 0 Å². The van der Waals surface area contributed by atoms with E-state index in [-0.39, 0.29) is 22.2 Å². The van der Waals surface area contributed by atoms with Gasteiger partial charge in [0.1, 0.15) is 6.54 Å². The van der Waals surface area contributed by atoms with Crippen molar-refractivity contribution in [3.8, 4) is 0 Å². The Morgan fingerprint density at radius 2 is 1.72 bits per heavy atom. The maximum absolute atomic E-state index is 13.4. The molecule has 164 valence electrons. The lowest BCUT2D eigenvalue weighted by atomic mass is 10.2. The smallest absolute Gasteiger partial charge is 0.246 e. The number of nitrogens with zero attached hydrogens (tertiary/aromatic N) is 2. The summed E-state index contributed by atoms with van der Waals surface area (Å²) in [6.07, 6.45) is 1.55. The zero-order valence-electron chi connectivity index (χ0n) is 17.8. The summed E-state index contributed by atoms with van der Waals surface area (Å²) in [5.74, 6) is -0.116. The zero-order chi connectivity index (χ0) is 22.9. The second kappa shape index (κ2) is 8.81. The third kappa shape index (κ3) is 4.16. The van der Waals surface area contributed by atoms with Crippen LogP contribution in [0.1, 0.15) is 12.5 Å². The van der Waals surface area contributed by atoms with Crippen LogP contribution in [0.2, 0.25) is 5.02 Å². The van der Waals surface area contributed by atoms with Crippen molar-refractivity contribution in [2.75, 3.05) is 11.4 Å². The van der Waals surface area contributed by atoms with E-state index in [9.17, 15) is 13.2 Å². The third-order valence-corrected chi connectivity index (χ3v) is 7.45. The highest BCUT2D eigenvalue weighted by Crippen LogP contribution is 2.31. The number of amides is 1. The van der Waals surface area contributed by atoms with Gasteiger partial charge in [-0.25, -0.2) is 8.42 Å². The largest absolute Gasteiger partial charge is 0.337 e. The maximum atomic E-state index is 13.4. The number of para-hydroxylation sites is 1. The van der Waals surface area contributed by atoms with Crippen LogP contribution < -0.4 is 4.90 Å². The van der Waals surface area contributed by atoms with Crippen molar-refractivity contribution in [2.45, 2.75) is 30.2 Å². The van der Waals surface area contributed by atoms with Gasteiger partial charge in [0.15, 0.2) is 0 Å². The standard InChI is InChI=1S/C25H23ClN2O3S/c1-3-28(20-8-6-7-18(2)15-20)25(29)17-27-16-24(22-9-4-5-10-23(22)27)32(30,31)21-13-11-19(26)12-14-21/h4-16H,3,17H2,1-2H3. The first-order valence-corrected chi connectivity index (χ1v) is 12.1. The molecule has 0 spiro atoms. The highest BCUT2D eigenvalue weighted by molar-refractivity contribution is 7.91. The molecular formula is C25H23ClN2O3S. The minimum absolute atomic E-state index is 0.0262. The number of likely N-dealkylation sites (N-methyl/N-ethyl adjacent to an activating group) is 1. The number of benzene rings is 3. The summed E-state index contributed by atoms with van der Waals surface area (Å²) in [4.78, 5) is 15.2. The Labute approximate surface area is 192 Å². The van der Waals surface area contributed by atoms with Gasteiger partial charge in [0, 0.05) is 34.4 Å². The number of anilines is 1. The summed E-state index contributed by atoms with van der Waals surface area (Å²) >= 11 is 5.93. The third-order valence-electron chi connectivity index (χ3n) is 5.40. The molecule has 4 aromatic rings. The molecular weight excluding hydrogens is 444 g/mol. The molecule has 5 nitrogen and oxygen atoms in total. The molecule has 32 heavy (non-hydrogen) atoms. The van der Waals surface area contributed by atoms with E-state index in [0.717, 1.165) is 11.3 Å². The van der Waals surface area contributed by atoms with E-state index < -0.39 is 9.84 Å². The first-order valence-electron chi connectivity index (χ1n) is 10.3. The van der Waals surface area contributed by atoms with Crippen molar-refractivity contribution >= 4 is 43.9 Å². The Morgan fingerprint density at radius 1 is 1.00 bits per heavy atom. The molecule has 0 saturated heterocycles. The van der Waals surface area contributed by atoms with Gasteiger partial charge in [-0.3, -0.25) is 4.79 Å². The van der Waals surface area contributed by atoms with E-state index in [1.807, 2.05) is 50.2 Å². The molecule has 1 heterocycles. The lowest BCUT2D eigenvalue weighted by Gasteiger charge is -2.22. The van der Waals surface area contributed by atoms with Crippen molar-refractivity contribution in [1.82, 2.24) is 4.57 Å². The van der Waals surface area contributed by atoms with Crippen LogP contribution in [0.3, 0.4) is 0 Å². The first-order chi connectivity index (χ1) is 15.3. The van der Waals surface area contributed by atoms with Crippen LogP contribution in [-0.2, 0) is 21.2 Å². The SMILES string of the molecule is CCN(C(=O)Cn1cc(S(=O)(=O)c2ccc(Cl)cc2)c2ccccc21)c1cccc(C)c1. The topological polar surface area (TPSA) is 59.4 Å². The molecule has 0 bridgehead atoms. The number of sulfone groups is 1. The monoisotopic (exact) mass is 466 g/mol. The van der Waals surface area contributed by atoms with Crippen LogP contribution in [0, 0.1) is 6.92 Å². The van der Waals surface area contributed by atoms with Crippen molar-refractivity contribution < 1.29 is 13.2 Å². The Bertz CT molecular complexity index is 1390. The molecule has 0 aliphatic carbocycles. The first kappa shape index (κ1) is 22.1. The van der Waals surface area contributed by atoms with Gasteiger partial charge in [0.25, 0.3) is 0 Å². The number of aromatic nitrogens is 1. The molecule has 0 N–H and O–H groups in total. The van der Waals surface area contributed by atoms with Crippen molar-refractivity contribution in [2.24, 2.45) is 0 Å². The molecule has 0 saturated carbocycles. The van der Waals surface area contributed by atoms with Gasteiger partial charge in [-0.05, 0) is 61.9 Å². The second-order valence-corrected chi connectivity index (χ2v) is 9.93. The number of carbonyl (C=O) groups is 1. The number of rotatable bonds is 6. The number of hydrogen-bond donors (Lipinski definition) is 0. The highest BCUT2D eigenvalue weighted by Gasteiger charge is 2.24. The van der Waals surface area contributed by atoms with Gasteiger partial charge in [0.2, 0.25) is 15.7 Å². The van der Waals surface area contributed by atoms with Crippen molar-refractivity contribution in [1.29, 1.82) is 0 Å². The summed E-state index contributed by atoms with van der Waals surface area (Å²) in [6.45, 7) is 4.44. The van der Waals surface area contributed by atoms with Crippen LogP contribution in [0.15, 0.2) is 88.8 Å². The summed E-state index contributed by atoms with van der Waals surface area (Å²) in [6, 6.07) is 21.1. The Balaban J connectivity index is 1.75. The van der Waals surface area contributed by atoms with E-state index in [1.165, 1.54) is 12.1 Å². The predicted molar refractivity (Wildman–Crippen MR) is 128 cm³/mol. The number of carbonyl (C=O) groups excluding carboxylic acids is 1. The average molecular weight is 467 g/mol. The Kier molecular flexibility index (Phi) is 6.09. The van der Waals surface area contributed by atoms with Crippen molar-refractivity contribution in [3.05, 3.63) is 89.6 Å². The summed E-state index contributed by atoms with van der Waals surface area (Å²) in [5, 5.41) is 1.04. The molecule has 0 aliphatic heterocycles. The normalized spacial score (nSPS) is 11.6. The molecule has 1 aromatic heterocycles. The van der Waals surface area contributed by atoms with E-state index in [0.29, 0.717) is 22.5 Å². The fraction of sp³-hybridized carbons (Fsp3) is 0.160. The van der Waals surface area contributed by atoms with Crippen molar-refractivity contribution in [3.63, 3.8) is 0 Å². The molecule has 0 radical (unpaired) electrons. The molecule has 0 unspecified atom stereocenters. The molecule has 7 heteroatoms. The van der Waals surface area contributed by atoms with Gasteiger partial charge in [-0.2, -0.15) is 0 Å². The minimum atomic E-state index is -3.79. The van der Waals surface area contributed by atoms with E-state index in [2.05, 4.69) is 0 Å². The van der Waals surface area contributed by atoms with Gasteiger partial charge < -0.3 is 9.47 Å². The number of hydrogen-bond acceptors (Lipinski definition) is 3. The average Bonchev–Trinajstić information content (AvgIpc) is 3.14. The zero-order valence-corrected chi connectivity index (χ0v) is 19.4. The van der Waals surface area contributed by atoms with Crippen LogP contribution >= 0.6 is 11.6 Å². The summed E-state index contributed by atoms with van der Waals surface area (Å²) < 4.78 is 28.4. The van der Waals surface area contributed by atoms with Crippen LogP contribution in [0.4, 0.5) is 5.69 Å². The fourth-order valence-corrected chi connectivity index (χ4v) is 5.43. The quantitative estimate of drug-likeness (QED) is 0.377. The van der Waals surface area contributed by atoms with E-state index in [1.54, 1.807) is 39.9 Å². The van der Waals surface area contributed by atoms with Crippen LogP contribution in [0.5, 0.6) is 0 Å². The summed E-state index contributed by atoms with van der Waals surface area (Å²) in [5.41, 5.74) is 2.58. The van der Waals surface area contributed by atoms with Gasteiger partial charge in [0.05, 0.1) is 9.79 Å². The molecule has 0 atom stereocenters. The van der Waals surface area contributed by atoms with E-state index in [4.69, 9.17) is 11.6 Å². The molecule has 0 aliphatic rings. The van der Waals surface area contributed by atoms with Gasteiger partial charge in [-0.15, -0.1) is 0 Å². The van der Waals surface area contributed by atoms with Gasteiger partial charge >= 0.3 is 0 Å². The number of aryl methyl sites for hydroxylation is 1. The number of fused-ring (bicyclic) bond motifs is 1. The Morgan fingerprint density at radius 3 is 2.41 bits per heavy atom. The molecule has 4 rings (SSSR count). The fourth-order valence-electron chi connectivity index (χ4n) is 3.83. The highest BCUT2D eigenvalue weighted by atomic mass is 35.5. The number of halogens is 1. The lowest BCUT2D eigenvalue weighted by Crippen LogP contribution is -2.33. The predicted octanol–water partition coefficient (Wildman–Crippen LogP) is 5.49. The minimum Gasteiger partial charge on any atom is -0.337 e. The molecule has 3 aromatic carbocycles. The molecule has 0 fully saturated rings. The van der Waals surface area contributed by atoms with Crippen LogP contribution in [0.25, 0.3) is 10.9 Å². The Hall–Kier alpha value is -3.09. The second-order valence-electron chi connectivity index (χ2n) is 7.57. The van der Waals surface area contributed by atoms with Crippen LogP contribution in [-0.4, -0.2) is 25.4 Å². The van der Waals surface area contributed by atoms with Gasteiger partial charge in [-0.1, -0.05) is 41.9 Å². The molecule has 1 amide bonds. The maximum Gasteiger partial charge on any atom is 0.246 e. The summed E-state index contributed by atoms with van der Waals surface area (Å²) in [7, 11) is -3.79. The lowest BCUT2D eigenvalue weighted by molar-refractivity contribution is -0.119.